The highest BCUT2D eigenvalue weighted by molar-refractivity contribution is 5.90. The van der Waals surface area contributed by atoms with Gasteiger partial charge in [0.2, 0.25) is 5.82 Å². The van der Waals surface area contributed by atoms with E-state index >= 15 is 0 Å². The summed E-state index contributed by atoms with van der Waals surface area (Å²) in [6.07, 6.45) is -0.178. The molecule has 0 aliphatic carbocycles. The van der Waals surface area contributed by atoms with Crippen molar-refractivity contribution in [3.63, 3.8) is 0 Å². The smallest absolute Gasteiger partial charge is 0.291 e. The Kier molecular flexibility index (Phi) is 5.73. The van der Waals surface area contributed by atoms with Crippen molar-refractivity contribution in [3.8, 4) is 0 Å². The largest absolute Gasteiger partial charge is 0.382 e. The summed E-state index contributed by atoms with van der Waals surface area (Å²) in [5, 5.41) is 9.30. The first-order valence-electron chi connectivity index (χ1n) is 5.80. The summed E-state index contributed by atoms with van der Waals surface area (Å²) < 4.78 is 10.1. The van der Waals surface area contributed by atoms with Crippen molar-refractivity contribution in [3.05, 3.63) is 11.6 Å². The van der Waals surface area contributed by atoms with E-state index in [0.29, 0.717) is 19.0 Å². The molecule has 0 bridgehead atoms. The number of H-pyrrole nitrogens is 1. The van der Waals surface area contributed by atoms with Crippen LogP contribution in [0.3, 0.4) is 0 Å². The zero-order valence-corrected chi connectivity index (χ0v) is 11.2. The Morgan fingerprint density at radius 3 is 2.67 bits per heavy atom. The molecule has 1 unspecified atom stereocenters. The van der Waals surface area contributed by atoms with E-state index in [-0.39, 0.29) is 23.8 Å². The van der Waals surface area contributed by atoms with E-state index in [2.05, 4.69) is 20.5 Å². The fraction of sp³-hybridized carbons (Fsp3) is 0.727. The lowest BCUT2D eigenvalue weighted by molar-refractivity contribution is 0.0284. The standard InChI is InChI=1S/C11H20N4O3/c1-7(2)9-13-10(15-14-9)11(16)12-5-8(18-4)6-17-3/h7-8H,5-6H2,1-4H3,(H,12,16)(H,13,14,15). The minimum atomic E-state index is -0.323. The number of rotatable bonds is 7. The summed E-state index contributed by atoms with van der Waals surface area (Å²) in [5.74, 6) is 0.724. The minimum Gasteiger partial charge on any atom is -0.382 e. The third-order valence-corrected chi connectivity index (χ3v) is 2.43. The Balaban J connectivity index is 2.49. The Morgan fingerprint density at radius 2 is 2.17 bits per heavy atom. The van der Waals surface area contributed by atoms with Crippen LogP contribution in [0.2, 0.25) is 0 Å². The van der Waals surface area contributed by atoms with E-state index in [4.69, 9.17) is 9.47 Å². The average molecular weight is 256 g/mol. The summed E-state index contributed by atoms with van der Waals surface area (Å²) in [7, 11) is 3.15. The lowest BCUT2D eigenvalue weighted by Gasteiger charge is -2.14. The minimum absolute atomic E-state index is 0.144. The third-order valence-electron chi connectivity index (χ3n) is 2.43. The Labute approximate surface area is 106 Å². The molecule has 1 amide bonds. The van der Waals surface area contributed by atoms with Crippen LogP contribution in [0.15, 0.2) is 0 Å². The summed E-state index contributed by atoms with van der Waals surface area (Å²) in [5.41, 5.74) is 0. The molecule has 0 spiro atoms. The first-order valence-corrected chi connectivity index (χ1v) is 5.80. The van der Waals surface area contributed by atoms with E-state index in [1.54, 1.807) is 14.2 Å². The Morgan fingerprint density at radius 1 is 1.44 bits per heavy atom. The molecule has 1 aromatic rings. The summed E-state index contributed by atoms with van der Waals surface area (Å²) in [4.78, 5) is 15.9. The lowest BCUT2D eigenvalue weighted by atomic mass is 10.2. The molecule has 1 rings (SSSR count). The number of carbonyl (C=O) groups is 1. The maximum Gasteiger partial charge on any atom is 0.291 e. The maximum atomic E-state index is 11.8. The highest BCUT2D eigenvalue weighted by atomic mass is 16.5. The average Bonchev–Trinajstić information content (AvgIpc) is 2.83. The molecule has 1 heterocycles. The first-order chi connectivity index (χ1) is 8.58. The number of amides is 1. The monoisotopic (exact) mass is 256 g/mol. The normalized spacial score (nSPS) is 12.7. The molecule has 1 aromatic heterocycles. The highest BCUT2D eigenvalue weighted by Crippen LogP contribution is 2.07. The van der Waals surface area contributed by atoms with Gasteiger partial charge in [-0.1, -0.05) is 13.8 Å². The second-order valence-corrected chi connectivity index (χ2v) is 4.22. The van der Waals surface area contributed by atoms with Gasteiger partial charge in [0, 0.05) is 26.7 Å². The predicted molar refractivity (Wildman–Crippen MR) is 65.5 cm³/mol. The maximum absolute atomic E-state index is 11.8. The van der Waals surface area contributed by atoms with Crippen LogP contribution in [0.5, 0.6) is 0 Å². The van der Waals surface area contributed by atoms with Crippen molar-refractivity contribution in [1.82, 2.24) is 20.5 Å². The van der Waals surface area contributed by atoms with E-state index in [1.165, 1.54) is 0 Å². The molecule has 7 heteroatoms. The van der Waals surface area contributed by atoms with Crippen LogP contribution in [0.4, 0.5) is 0 Å². The fourth-order valence-electron chi connectivity index (χ4n) is 1.32. The number of nitrogens with zero attached hydrogens (tertiary/aromatic N) is 2. The van der Waals surface area contributed by atoms with Crippen molar-refractivity contribution >= 4 is 5.91 Å². The van der Waals surface area contributed by atoms with Gasteiger partial charge in [0.15, 0.2) is 0 Å². The number of aromatic nitrogens is 3. The van der Waals surface area contributed by atoms with E-state index < -0.39 is 0 Å². The molecule has 0 aliphatic heterocycles. The molecule has 2 N–H and O–H groups in total. The number of methoxy groups -OCH3 is 2. The van der Waals surface area contributed by atoms with Gasteiger partial charge in [-0.25, -0.2) is 4.98 Å². The third kappa shape index (κ3) is 4.08. The van der Waals surface area contributed by atoms with Crippen molar-refractivity contribution in [2.45, 2.75) is 25.9 Å². The molecule has 1 atom stereocenters. The molecule has 7 nitrogen and oxygen atoms in total. The SMILES string of the molecule is COCC(CNC(=O)c1n[nH]c(C(C)C)n1)OC. The molecular formula is C11H20N4O3. The number of hydrogen-bond acceptors (Lipinski definition) is 5. The Hall–Kier alpha value is -1.47. The van der Waals surface area contributed by atoms with Crippen molar-refractivity contribution < 1.29 is 14.3 Å². The van der Waals surface area contributed by atoms with Crippen LogP contribution < -0.4 is 5.32 Å². The first kappa shape index (κ1) is 14.6. The summed E-state index contributed by atoms with van der Waals surface area (Å²) in [6, 6.07) is 0. The topological polar surface area (TPSA) is 89.1 Å². The van der Waals surface area contributed by atoms with Crippen LogP contribution in [-0.4, -0.2) is 54.6 Å². The van der Waals surface area contributed by atoms with Crippen molar-refractivity contribution in [2.24, 2.45) is 0 Å². The van der Waals surface area contributed by atoms with Crippen LogP contribution in [-0.2, 0) is 9.47 Å². The zero-order valence-electron chi connectivity index (χ0n) is 11.2. The molecule has 0 aromatic carbocycles. The van der Waals surface area contributed by atoms with Crippen LogP contribution in [0.25, 0.3) is 0 Å². The number of nitrogens with one attached hydrogen (secondary N) is 2. The molecule has 0 saturated heterocycles. The molecule has 18 heavy (non-hydrogen) atoms. The van der Waals surface area contributed by atoms with E-state index in [9.17, 15) is 4.79 Å². The quantitative estimate of drug-likeness (QED) is 0.733. The number of aromatic amines is 1. The summed E-state index contributed by atoms with van der Waals surface area (Å²) in [6.45, 7) is 4.72. The van der Waals surface area contributed by atoms with Crippen LogP contribution in [0, 0.1) is 0 Å². The molecular weight excluding hydrogens is 236 g/mol. The second kappa shape index (κ2) is 7.07. The van der Waals surface area contributed by atoms with Crippen molar-refractivity contribution in [1.29, 1.82) is 0 Å². The second-order valence-electron chi connectivity index (χ2n) is 4.22. The summed E-state index contributed by atoms with van der Waals surface area (Å²) >= 11 is 0. The molecule has 0 fully saturated rings. The molecule has 0 radical (unpaired) electrons. The highest BCUT2D eigenvalue weighted by Gasteiger charge is 2.15. The van der Waals surface area contributed by atoms with Gasteiger partial charge < -0.3 is 14.8 Å². The van der Waals surface area contributed by atoms with Gasteiger partial charge in [0.05, 0.1) is 12.7 Å². The molecule has 0 aliphatic rings. The van der Waals surface area contributed by atoms with Gasteiger partial charge in [-0.2, -0.15) is 0 Å². The van der Waals surface area contributed by atoms with Gasteiger partial charge in [0.1, 0.15) is 5.82 Å². The molecule has 0 saturated carbocycles. The van der Waals surface area contributed by atoms with Gasteiger partial charge in [-0.3, -0.25) is 9.89 Å². The van der Waals surface area contributed by atoms with Gasteiger partial charge in [-0.05, 0) is 0 Å². The van der Waals surface area contributed by atoms with E-state index in [1.807, 2.05) is 13.8 Å². The lowest BCUT2D eigenvalue weighted by Crippen LogP contribution is -2.36. The van der Waals surface area contributed by atoms with Gasteiger partial charge in [0.25, 0.3) is 5.91 Å². The van der Waals surface area contributed by atoms with Crippen LogP contribution in [0.1, 0.15) is 36.2 Å². The van der Waals surface area contributed by atoms with E-state index in [0.717, 1.165) is 0 Å². The van der Waals surface area contributed by atoms with Crippen LogP contribution >= 0.6 is 0 Å². The van der Waals surface area contributed by atoms with Gasteiger partial charge in [-0.15, -0.1) is 5.10 Å². The number of carbonyl (C=O) groups excluding carboxylic acids is 1. The number of hydrogen-bond donors (Lipinski definition) is 2. The fourth-order valence-corrected chi connectivity index (χ4v) is 1.32. The Bertz CT molecular complexity index is 378. The van der Waals surface area contributed by atoms with Crippen molar-refractivity contribution in [2.75, 3.05) is 27.4 Å². The number of ether oxygens (including phenoxy) is 2. The predicted octanol–water partition coefficient (Wildman–Crippen LogP) is 0.319. The molecule has 102 valence electrons. The zero-order chi connectivity index (χ0) is 13.5. The van der Waals surface area contributed by atoms with Gasteiger partial charge >= 0.3 is 0 Å².